The Labute approximate surface area is 118 Å². The van der Waals surface area contributed by atoms with E-state index in [2.05, 4.69) is 25.2 Å². The topological polar surface area (TPSA) is 97.0 Å². The average Bonchev–Trinajstić information content (AvgIpc) is 2.87. The van der Waals surface area contributed by atoms with Gasteiger partial charge in [0.15, 0.2) is 5.69 Å². The van der Waals surface area contributed by atoms with Gasteiger partial charge in [0.1, 0.15) is 17.2 Å². The Morgan fingerprint density at radius 1 is 1.45 bits per heavy atom. The van der Waals surface area contributed by atoms with Crippen molar-refractivity contribution in [1.29, 1.82) is 0 Å². The Balaban J connectivity index is 1.66. The fourth-order valence-corrected chi connectivity index (χ4v) is 2.35. The van der Waals surface area contributed by atoms with Crippen molar-refractivity contribution in [3.05, 3.63) is 24.3 Å². The first kappa shape index (κ1) is 12.9. The van der Waals surface area contributed by atoms with Crippen LogP contribution in [0.25, 0.3) is 0 Å². The van der Waals surface area contributed by atoms with Crippen LogP contribution in [0.5, 0.6) is 0 Å². The van der Waals surface area contributed by atoms with Gasteiger partial charge in [-0.3, -0.25) is 0 Å². The predicted octanol–water partition coefficient (Wildman–Crippen LogP) is 0.549. The predicted molar refractivity (Wildman–Crippen MR) is 72.0 cm³/mol. The van der Waals surface area contributed by atoms with E-state index in [1.807, 2.05) is 12.3 Å². The van der Waals surface area contributed by atoms with E-state index >= 15 is 0 Å². The number of nitrogens with zero attached hydrogens (tertiary/aromatic N) is 6. The van der Waals surface area contributed by atoms with Crippen LogP contribution in [0.4, 0.5) is 5.82 Å². The van der Waals surface area contributed by atoms with Crippen LogP contribution in [0.15, 0.2) is 23.6 Å². The zero-order valence-electron chi connectivity index (χ0n) is 10.7. The molecule has 3 heterocycles. The highest BCUT2D eigenvalue weighted by atomic mass is 32.2. The summed E-state index contributed by atoms with van der Waals surface area (Å²) in [5.41, 5.74) is -0.0323. The third kappa shape index (κ3) is 2.31. The van der Waals surface area contributed by atoms with Crippen molar-refractivity contribution in [3.63, 3.8) is 0 Å². The molecule has 1 aliphatic rings. The Morgan fingerprint density at radius 2 is 2.25 bits per heavy atom. The highest BCUT2D eigenvalue weighted by molar-refractivity contribution is 7.98. The summed E-state index contributed by atoms with van der Waals surface area (Å²) >= 11 is 1.57. The molecule has 2 aromatic heterocycles. The van der Waals surface area contributed by atoms with Crippen LogP contribution in [0.1, 0.15) is 16.5 Å². The summed E-state index contributed by atoms with van der Waals surface area (Å²) < 4.78 is 1.59. The lowest BCUT2D eigenvalue weighted by Crippen LogP contribution is -2.48. The minimum atomic E-state index is -1.06. The van der Waals surface area contributed by atoms with Gasteiger partial charge in [-0.15, -0.1) is 16.9 Å². The quantitative estimate of drug-likeness (QED) is 0.644. The maximum Gasteiger partial charge on any atom is 0.358 e. The van der Waals surface area contributed by atoms with Crippen LogP contribution < -0.4 is 4.90 Å². The second kappa shape index (κ2) is 5.08. The molecule has 0 amide bonds. The average molecular weight is 292 g/mol. The summed E-state index contributed by atoms with van der Waals surface area (Å²) in [7, 11) is 0. The molecule has 2 aromatic rings. The van der Waals surface area contributed by atoms with Crippen molar-refractivity contribution in [2.45, 2.75) is 11.1 Å². The molecule has 20 heavy (non-hydrogen) atoms. The molecular formula is C11H12N6O2S. The van der Waals surface area contributed by atoms with Gasteiger partial charge in [-0.2, -0.15) is 0 Å². The third-order valence-electron chi connectivity index (χ3n) is 3.13. The summed E-state index contributed by atoms with van der Waals surface area (Å²) in [4.78, 5) is 21.2. The zero-order chi connectivity index (χ0) is 14.1. The van der Waals surface area contributed by atoms with Gasteiger partial charge in [0.25, 0.3) is 0 Å². The Kier molecular flexibility index (Phi) is 3.26. The number of thioether (sulfide) groups is 1. The number of carboxylic acid groups (broad SMARTS) is 1. The zero-order valence-corrected chi connectivity index (χ0v) is 11.5. The number of anilines is 1. The van der Waals surface area contributed by atoms with Crippen molar-refractivity contribution in [2.75, 3.05) is 24.2 Å². The normalized spacial score (nSPS) is 15.2. The number of aromatic carboxylic acids is 1. The first-order chi connectivity index (χ1) is 9.67. The van der Waals surface area contributed by atoms with Gasteiger partial charge in [0, 0.05) is 19.2 Å². The van der Waals surface area contributed by atoms with Crippen molar-refractivity contribution in [1.82, 2.24) is 25.0 Å². The fourth-order valence-electron chi connectivity index (χ4n) is 1.98. The van der Waals surface area contributed by atoms with Gasteiger partial charge in [-0.05, 0) is 6.26 Å². The van der Waals surface area contributed by atoms with E-state index in [9.17, 15) is 4.79 Å². The maximum atomic E-state index is 10.8. The van der Waals surface area contributed by atoms with Crippen LogP contribution in [-0.4, -0.2) is 55.4 Å². The van der Waals surface area contributed by atoms with E-state index < -0.39 is 5.97 Å². The summed E-state index contributed by atoms with van der Waals surface area (Å²) in [6.45, 7) is 1.46. The standard InChI is InChI=1S/C11H12N6O2S/c1-20-10-2-9(12-6-13-10)16-3-7(4-16)17-5-8(11(18)19)14-15-17/h2,5-7H,3-4H2,1H3,(H,18,19). The lowest BCUT2D eigenvalue weighted by molar-refractivity contribution is 0.0690. The largest absolute Gasteiger partial charge is 0.476 e. The molecule has 1 saturated heterocycles. The molecule has 0 radical (unpaired) electrons. The number of aromatic nitrogens is 5. The third-order valence-corrected chi connectivity index (χ3v) is 3.77. The van der Waals surface area contributed by atoms with E-state index in [0.29, 0.717) is 0 Å². The van der Waals surface area contributed by atoms with Crippen LogP contribution in [0.2, 0.25) is 0 Å². The molecule has 0 spiro atoms. The van der Waals surface area contributed by atoms with Crippen LogP contribution in [0.3, 0.4) is 0 Å². The number of hydrogen-bond donors (Lipinski definition) is 1. The van der Waals surface area contributed by atoms with Crippen molar-refractivity contribution < 1.29 is 9.90 Å². The van der Waals surface area contributed by atoms with Crippen LogP contribution >= 0.6 is 11.8 Å². The SMILES string of the molecule is CSc1cc(N2CC(n3cc(C(=O)O)nn3)C2)ncn1. The lowest BCUT2D eigenvalue weighted by Gasteiger charge is -2.39. The van der Waals surface area contributed by atoms with Gasteiger partial charge < -0.3 is 10.0 Å². The maximum absolute atomic E-state index is 10.8. The molecule has 0 aliphatic carbocycles. The molecule has 1 fully saturated rings. The highest BCUT2D eigenvalue weighted by Crippen LogP contribution is 2.27. The summed E-state index contributed by atoms with van der Waals surface area (Å²) in [5, 5.41) is 17.2. The first-order valence-electron chi connectivity index (χ1n) is 5.93. The van der Waals surface area contributed by atoms with E-state index in [4.69, 9.17) is 5.11 Å². The molecular weight excluding hydrogens is 280 g/mol. The van der Waals surface area contributed by atoms with Gasteiger partial charge in [0.2, 0.25) is 0 Å². The molecule has 0 aromatic carbocycles. The molecule has 1 N–H and O–H groups in total. The van der Waals surface area contributed by atoms with Crippen molar-refractivity contribution in [3.8, 4) is 0 Å². The van der Waals surface area contributed by atoms with E-state index in [0.717, 1.165) is 23.9 Å². The minimum Gasteiger partial charge on any atom is -0.476 e. The van der Waals surface area contributed by atoms with Gasteiger partial charge in [0.05, 0.1) is 12.2 Å². The molecule has 8 nitrogen and oxygen atoms in total. The molecule has 1 aliphatic heterocycles. The molecule has 3 rings (SSSR count). The summed E-state index contributed by atoms with van der Waals surface area (Å²) in [6.07, 6.45) is 4.97. The van der Waals surface area contributed by atoms with Gasteiger partial charge in [-0.25, -0.2) is 19.4 Å². The number of carboxylic acids is 1. The lowest BCUT2D eigenvalue weighted by atomic mass is 10.1. The first-order valence-corrected chi connectivity index (χ1v) is 7.16. The van der Waals surface area contributed by atoms with Crippen molar-refractivity contribution >= 4 is 23.5 Å². The molecule has 104 valence electrons. The molecule has 9 heteroatoms. The molecule has 0 saturated carbocycles. The summed E-state index contributed by atoms with van der Waals surface area (Å²) in [6, 6.07) is 2.06. The Hall–Kier alpha value is -2.16. The van der Waals surface area contributed by atoms with Gasteiger partial charge >= 0.3 is 5.97 Å². The second-order valence-electron chi connectivity index (χ2n) is 4.37. The summed E-state index contributed by atoms with van der Waals surface area (Å²) in [5.74, 6) is -0.188. The molecule has 0 unspecified atom stereocenters. The molecule has 0 bridgehead atoms. The Morgan fingerprint density at radius 3 is 2.90 bits per heavy atom. The minimum absolute atomic E-state index is 0.0323. The monoisotopic (exact) mass is 292 g/mol. The molecule has 0 atom stereocenters. The van der Waals surface area contributed by atoms with Crippen LogP contribution in [-0.2, 0) is 0 Å². The van der Waals surface area contributed by atoms with E-state index in [1.165, 1.54) is 6.20 Å². The van der Waals surface area contributed by atoms with Gasteiger partial charge in [-0.1, -0.05) is 5.21 Å². The number of carbonyl (C=O) groups is 1. The van der Waals surface area contributed by atoms with Crippen molar-refractivity contribution in [2.24, 2.45) is 0 Å². The second-order valence-corrected chi connectivity index (χ2v) is 5.19. The Bertz CT molecular complexity index is 639. The van der Waals surface area contributed by atoms with E-state index in [-0.39, 0.29) is 11.7 Å². The fraction of sp³-hybridized carbons (Fsp3) is 0.364. The number of rotatable bonds is 4. The van der Waals surface area contributed by atoms with E-state index in [1.54, 1.807) is 22.8 Å². The number of hydrogen-bond acceptors (Lipinski definition) is 7. The highest BCUT2D eigenvalue weighted by Gasteiger charge is 2.30. The van der Waals surface area contributed by atoms with Crippen LogP contribution in [0, 0.1) is 0 Å². The smallest absolute Gasteiger partial charge is 0.358 e.